The Balaban J connectivity index is 2.25. The first-order valence-electron chi connectivity index (χ1n) is 7.88. The molecule has 1 aromatic carbocycles. The van der Waals surface area contributed by atoms with Gasteiger partial charge in [-0.15, -0.1) is 0 Å². The van der Waals surface area contributed by atoms with Crippen molar-refractivity contribution >= 4 is 10.9 Å². The minimum atomic E-state index is 0.220. The average Bonchev–Trinajstić information content (AvgIpc) is 2.82. The maximum atomic E-state index is 5.65. The van der Waals surface area contributed by atoms with E-state index in [0.29, 0.717) is 6.04 Å². The first-order chi connectivity index (χ1) is 10.2. The topological polar surface area (TPSA) is 39.1 Å². The van der Waals surface area contributed by atoms with E-state index in [0.717, 1.165) is 31.5 Å². The van der Waals surface area contributed by atoms with Crippen LogP contribution in [-0.4, -0.2) is 35.6 Å². The molecule has 2 unspecified atom stereocenters. The molecule has 0 fully saturated rings. The van der Waals surface area contributed by atoms with Gasteiger partial charge in [0.05, 0.1) is 17.3 Å². The molecular weight excluding hydrogens is 262 g/mol. The fourth-order valence-electron chi connectivity index (χ4n) is 2.93. The zero-order chi connectivity index (χ0) is 15.2. The Morgan fingerprint density at radius 3 is 2.71 bits per heavy atom. The Hall–Kier alpha value is -1.39. The average molecular weight is 289 g/mol. The summed E-state index contributed by atoms with van der Waals surface area (Å²) in [6.07, 6.45) is 3.24. The van der Waals surface area contributed by atoms with Gasteiger partial charge in [0.15, 0.2) is 0 Å². The summed E-state index contributed by atoms with van der Waals surface area (Å²) in [5.41, 5.74) is 2.34. The highest BCUT2D eigenvalue weighted by molar-refractivity contribution is 5.81. The molecule has 0 radical (unpaired) electrons. The lowest BCUT2D eigenvalue weighted by molar-refractivity contribution is 0.0651. The number of aromatic nitrogens is 2. The third-order valence-electron chi connectivity index (χ3n) is 4.06. The quantitative estimate of drug-likeness (QED) is 0.812. The smallest absolute Gasteiger partial charge is 0.0725 e. The molecular formula is C17H27N3O. The first kappa shape index (κ1) is 16.0. The number of nitrogens with one attached hydrogen (secondary N) is 1. The number of ether oxygens (including phenoxy) is 1. The number of rotatable bonds is 8. The molecule has 0 aliphatic rings. The van der Waals surface area contributed by atoms with E-state index in [1.165, 1.54) is 10.9 Å². The summed E-state index contributed by atoms with van der Waals surface area (Å²) in [6, 6.07) is 8.72. The van der Waals surface area contributed by atoms with Crippen LogP contribution < -0.4 is 5.32 Å². The molecule has 2 aromatic rings. The first-order valence-corrected chi connectivity index (χ1v) is 7.88. The molecule has 0 spiro atoms. The molecule has 2 rings (SSSR count). The van der Waals surface area contributed by atoms with Crippen LogP contribution in [0.5, 0.6) is 0 Å². The van der Waals surface area contributed by atoms with Crippen molar-refractivity contribution < 1.29 is 4.74 Å². The minimum Gasteiger partial charge on any atom is -0.380 e. The van der Waals surface area contributed by atoms with E-state index >= 15 is 0 Å². The zero-order valence-corrected chi connectivity index (χ0v) is 13.6. The number of fused-ring (bicyclic) bond motifs is 1. The van der Waals surface area contributed by atoms with Gasteiger partial charge in [-0.1, -0.05) is 32.0 Å². The molecule has 1 heterocycles. The van der Waals surface area contributed by atoms with Crippen molar-refractivity contribution in [3.8, 4) is 0 Å². The van der Waals surface area contributed by atoms with Gasteiger partial charge in [-0.2, -0.15) is 5.10 Å². The van der Waals surface area contributed by atoms with Gasteiger partial charge >= 0.3 is 0 Å². The van der Waals surface area contributed by atoms with Gasteiger partial charge in [-0.3, -0.25) is 4.68 Å². The summed E-state index contributed by atoms with van der Waals surface area (Å²) in [6.45, 7) is 5.37. The number of hydrogen-bond acceptors (Lipinski definition) is 3. The summed E-state index contributed by atoms with van der Waals surface area (Å²) in [5.74, 6) is 0. The molecule has 0 amide bonds. The number of methoxy groups -OCH3 is 1. The van der Waals surface area contributed by atoms with Gasteiger partial charge in [-0.25, -0.2) is 0 Å². The third-order valence-corrected chi connectivity index (χ3v) is 4.06. The van der Waals surface area contributed by atoms with E-state index < -0.39 is 0 Å². The fraction of sp³-hybridized carbons (Fsp3) is 0.588. The fourth-order valence-corrected chi connectivity index (χ4v) is 2.93. The van der Waals surface area contributed by atoms with E-state index in [9.17, 15) is 0 Å². The molecule has 0 saturated carbocycles. The zero-order valence-electron chi connectivity index (χ0n) is 13.6. The van der Waals surface area contributed by atoms with Crippen LogP contribution in [0.2, 0.25) is 0 Å². The van der Waals surface area contributed by atoms with Crippen LogP contribution in [0.15, 0.2) is 24.3 Å². The largest absolute Gasteiger partial charge is 0.380 e. The van der Waals surface area contributed by atoms with Gasteiger partial charge in [0, 0.05) is 32.0 Å². The van der Waals surface area contributed by atoms with E-state index in [-0.39, 0.29) is 6.10 Å². The highest BCUT2D eigenvalue weighted by Crippen LogP contribution is 2.20. The third kappa shape index (κ3) is 3.63. The van der Waals surface area contributed by atoms with Gasteiger partial charge in [0.2, 0.25) is 0 Å². The van der Waals surface area contributed by atoms with E-state index in [4.69, 9.17) is 9.84 Å². The Labute approximate surface area is 127 Å². The van der Waals surface area contributed by atoms with E-state index in [1.54, 1.807) is 7.11 Å². The number of benzene rings is 1. The monoisotopic (exact) mass is 289 g/mol. The molecule has 0 aliphatic heterocycles. The molecule has 21 heavy (non-hydrogen) atoms. The second-order valence-electron chi connectivity index (χ2n) is 5.53. The summed E-state index contributed by atoms with van der Waals surface area (Å²) >= 11 is 0. The van der Waals surface area contributed by atoms with Crippen LogP contribution in [0.1, 0.15) is 32.4 Å². The molecule has 1 N–H and O–H groups in total. The molecule has 0 bridgehead atoms. The number of aryl methyl sites for hydroxylation is 1. The van der Waals surface area contributed by atoms with Crippen molar-refractivity contribution in [1.29, 1.82) is 0 Å². The van der Waals surface area contributed by atoms with Crippen LogP contribution in [0.4, 0.5) is 0 Å². The lowest BCUT2D eigenvalue weighted by atomic mass is 10.0. The van der Waals surface area contributed by atoms with Crippen LogP contribution in [0.25, 0.3) is 10.9 Å². The van der Waals surface area contributed by atoms with Gasteiger partial charge in [-0.05, 0) is 25.5 Å². The van der Waals surface area contributed by atoms with Crippen LogP contribution in [0, 0.1) is 0 Å². The van der Waals surface area contributed by atoms with Crippen molar-refractivity contribution in [3.63, 3.8) is 0 Å². The van der Waals surface area contributed by atoms with Crippen molar-refractivity contribution in [2.24, 2.45) is 7.05 Å². The maximum Gasteiger partial charge on any atom is 0.0725 e. The highest BCUT2D eigenvalue weighted by atomic mass is 16.5. The molecule has 0 aliphatic carbocycles. The van der Waals surface area contributed by atoms with Crippen LogP contribution in [-0.2, 0) is 18.2 Å². The summed E-state index contributed by atoms with van der Waals surface area (Å²) < 4.78 is 7.62. The predicted octanol–water partition coefficient (Wildman–Crippen LogP) is 2.91. The summed E-state index contributed by atoms with van der Waals surface area (Å²) in [7, 11) is 3.80. The number of para-hydroxylation sites is 1. The van der Waals surface area contributed by atoms with Crippen molar-refractivity contribution in [3.05, 3.63) is 30.0 Å². The van der Waals surface area contributed by atoms with Gasteiger partial charge in [0.1, 0.15) is 0 Å². The second-order valence-corrected chi connectivity index (χ2v) is 5.53. The lowest BCUT2D eigenvalue weighted by Gasteiger charge is -2.25. The number of nitrogens with zero attached hydrogens (tertiary/aromatic N) is 2. The maximum absolute atomic E-state index is 5.65. The second kappa shape index (κ2) is 7.57. The highest BCUT2D eigenvalue weighted by Gasteiger charge is 2.22. The van der Waals surface area contributed by atoms with Crippen LogP contribution in [0.3, 0.4) is 0 Å². The Bertz CT molecular complexity index is 560. The Morgan fingerprint density at radius 1 is 1.29 bits per heavy atom. The Kier molecular flexibility index (Phi) is 5.76. The molecule has 0 saturated heterocycles. The lowest BCUT2D eigenvalue weighted by Crippen LogP contribution is -2.42. The van der Waals surface area contributed by atoms with Crippen molar-refractivity contribution in [2.75, 3.05) is 13.7 Å². The van der Waals surface area contributed by atoms with Gasteiger partial charge < -0.3 is 10.1 Å². The van der Waals surface area contributed by atoms with Crippen molar-refractivity contribution in [2.45, 2.75) is 45.3 Å². The number of hydrogen-bond donors (Lipinski definition) is 1. The molecule has 116 valence electrons. The SMILES string of the molecule is CCCNC(Cc1nn(C)c2ccccc12)C(CC)OC. The predicted molar refractivity (Wildman–Crippen MR) is 87.6 cm³/mol. The molecule has 4 heteroatoms. The minimum absolute atomic E-state index is 0.220. The molecule has 2 atom stereocenters. The van der Waals surface area contributed by atoms with E-state index in [1.807, 2.05) is 11.7 Å². The summed E-state index contributed by atoms with van der Waals surface area (Å²) in [4.78, 5) is 0. The van der Waals surface area contributed by atoms with Crippen molar-refractivity contribution in [1.82, 2.24) is 15.1 Å². The standard InChI is InChI=1S/C17H27N3O/c1-5-11-18-15(17(6-2)21-4)12-14-13-9-7-8-10-16(13)20(3)19-14/h7-10,15,17-18H,5-6,11-12H2,1-4H3. The normalized spacial score (nSPS) is 14.5. The van der Waals surface area contributed by atoms with E-state index in [2.05, 4.69) is 43.4 Å². The van der Waals surface area contributed by atoms with Crippen LogP contribution >= 0.6 is 0 Å². The molecule has 4 nitrogen and oxygen atoms in total. The Morgan fingerprint density at radius 2 is 2.05 bits per heavy atom. The van der Waals surface area contributed by atoms with Gasteiger partial charge in [0.25, 0.3) is 0 Å². The summed E-state index contributed by atoms with van der Waals surface area (Å²) in [5, 5.41) is 9.57. The molecule has 1 aromatic heterocycles.